The monoisotopic (exact) mass is 143 g/mol. The quantitative estimate of drug-likeness (QED) is 0.442. The van der Waals surface area contributed by atoms with Crippen molar-refractivity contribution >= 4 is 5.91 Å². The van der Waals surface area contributed by atoms with Crippen LogP contribution >= 0.6 is 0 Å². The van der Waals surface area contributed by atoms with E-state index in [0.717, 1.165) is 19.4 Å². The van der Waals surface area contributed by atoms with E-state index in [1.807, 2.05) is 0 Å². The summed E-state index contributed by atoms with van der Waals surface area (Å²) in [5, 5.41) is 3.11. The summed E-state index contributed by atoms with van der Waals surface area (Å²) < 4.78 is 0. The highest BCUT2D eigenvalue weighted by Crippen LogP contribution is 2.06. The molecule has 58 valence electrons. The van der Waals surface area contributed by atoms with Gasteiger partial charge in [0.25, 0.3) is 0 Å². The molecule has 5 N–H and O–H groups in total. The Balaban J connectivity index is 2.39. The Morgan fingerprint density at radius 3 is 2.80 bits per heavy atom. The number of carbonyl (C=O) groups excluding carboxylic acids is 1. The van der Waals surface area contributed by atoms with Crippen LogP contribution < -0.4 is 16.8 Å². The summed E-state index contributed by atoms with van der Waals surface area (Å²) in [6.07, 6.45) is 2.05. The molecule has 1 amide bonds. The molecule has 0 radical (unpaired) electrons. The fourth-order valence-corrected chi connectivity index (χ4v) is 1.22. The first kappa shape index (κ1) is 7.50. The Morgan fingerprint density at radius 1 is 1.70 bits per heavy atom. The van der Waals surface area contributed by atoms with Crippen molar-refractivity contribution in [2.24, 2.45) is 11.5 Å². The van der Waals surface area contributed by atoms with Crippen LogP contribution in [-0.4, -0.2) is 24.5 Å². The molecule has 0 saturated carbocycles. The zero-order chi connectivity index (χ0) is 7.56. The standard InChI is InChI=1S/C6H13N3O/c7-5(6(8)10)4-2-1-3-9-4/h4-5,9H,1-3,7H2,(H2,8,10). The van der Waals surface area contributed by atoms with Crippen LogP contribution in [0, 0.1) is 0 Å². The summed E-state index contributed by atoms with van der Waals surface area (Å²) in [5.74, 6) is -0.417. The van der Waals surface area contributed by atoms with Gasteiger partial charge in [0.15, 0.2) is 0 Å². The molecule has 0 aromatic heterocycles. The van der Waals surface area contributed by atoms with E-state index in [9.17, 15) is 4.79 Å². The molecule has 0 aromatic carbocycles. The largest absolute Gasteiger partial charge is 0.368 e. The van der Waals surface area contributed by atoms with Crippen molar-refractivity contribution in [3.8, 4) is 0 Å². The molecule has 1 saturated heterocycles. The maximum atomic E-state index is 10.5. The molecule has 2 atom stereocenters. The second-order valence-corrected chi connectivity index (χ2v) is 2.63. The number of nitrogens with two attached hydrogens (primary N) is 2. The molecule has 10 heavy (non-hydrogen) atoms. The number of rotatable bonds is 2. The van der Waals surface area contributed by atoms with E-state index in [-0.39, 0.29) is 6.04 Å². The summed E-state index contributed by atoms with van der Waals surface area (Å²) in [4.78, 5) is 10.5. The molecule has 1 aliphatic rings. The zero-order valence-electron chi connectivity index (χ0n) is 5.84. The smallest absolute Gasteiger partial charge is 0.235 e. The fourth-order valence-electron chi connectivity index (χ4n) is 1.22. The van der Waals surface area contributed by atoms with Crippen LogP contribution in [0.25, 0.3) is 0 Å². The van der Waals surface area contributed by atoms with Crippen LogP contribution in [0.3, 0.4) is 0 Å². The maximum Gasteiger partial charge on any atom is 0.235 e. The minimum absolute atomic E-state index is 0.109. The summed E-state index contributed by atoms with van der Waals surface area (Å²) in [6, 6.07) is -0.403. The average molecular weight is 143 g/mol. The number of nitrogens with one attached hydrogen (secondary N) is 1. The molecule has 4 heteroatoms. The predicted molar refractivity (Wildman–Crippen MR) is 38.2 cm³/mol. The van der Waals surface area contributed by atoms with Crippen molar-refractivity contribution in [2.45, 2.75) is 24.9 Å². The van der Waals surface area contributed by atoms with Crippen LogP contribution in [0.4, 0.5) is 0 Å². The van der Waals surface area contributed by atoms with E-state index in [1.165, 1.54) is 0 Å². The van der Waals surface area contributed by atoms with Gasteiger partial charge in [-0.1, -0.05) is 0 Å². The van der Waals surface area contributed by atoms with Gasteiger partial charge < -0.3 is 16.8 Å². The highest BCUT2D eigenvalue weighted by atomic mass is 16.1. The molecular formula is C6H13N3O. The first-order chi connectivity index (χ1) is 4.72. The van der Waals surface area contributed by atoms with E-state index in [2.05, 4.69) is 5.32 Å². The lowest BCUT2D eigenvalue weighted by molar-refractivity contribution is -0.119. The van der Waals surface area contributed by atoms with Crippen molar-refractivity contribution in [3.63, 3.8) is 0 Å². The highest BCUT2D eigenvalue weighted by molar-refractivity contribution is 5.80. The lowest BCUT2D eigenvalue weighted by Gasteiger charge is -2.14. The van der Waals surface area contributed by atoms with Gasteiger partial charge >= 0.3 is 0 Å². The Bertz CT molecular complexity index is 131. The molecule has 4 nitrogen and oxygen atoms in total. The molecule has 1 fully saturated rings. The Morgan fingerprint density at radius 2 is 2.40 bits per heavy atom. The van der Waals surface area contributed by atoms with Crippen molar-refractivity contribution in [3.05, 3.63) is 0 Å². The lowest BCUT2D eigenvalue weighted by Crippen LogP contribution is -2.49. The molecule has 0 aliphatic carbocycles. The van der Waals surface area contributed by atoms with E-state index in [4.69, 9.17) is 11.5 Å². The molecule has 1 aliphatic heterocycles. The van der Waals surface area contributed by atoms with Crippen LogP contribution in [0.2, 0.25) is 0 Å². The van der Waals surface area contributed by atoms with Crippen molar-refractivity contribution in [1.82, 2.24) is 5.32 Å². The van der Waals surface area contributed by atoms with Crippen LogP contribution in [-0.2, 0) is 4.79 Å². The Kier molecular flexibility index (Phi) is 2.24. The molecule has 0 spiro atoms. The van der Waals surface area contributed by atoms with Gasteiger partial charge in [0.2, 0.25) is 5.91 Å². The minimum Gasteiger partial charge on any atom is -0.368 e. The predicted octanol–water partition coefficient (Wildman–Crippen LogP) is -1.45. The average Bonchev–Trinajstić information content (AvgIpc) is 2.36. The number of hydrogen-bond acceptors (Lipinski definition) is 3. The molecular weight excluding hydrogens is 130 g/mol. The Labute approximate surface area is 59.9 Å². The summed E-state index contributed by atoms with van der Waals surface area (Å²) in [7, 11) is 0. The Hall–Kier alpha value is -0.610. The normalized spacial score (nSPS) is 28.3. The SMILES string of the molecule is NC(=O)C(N)C1CCCN1. The zero-order valence-corrected chi connectivity index (χ0v) is 5.84. The van der Waals surface area contributed by atoms with E-state index in [0.29, 0.717) is 0 Å². The molecule has 0 aromatic rings. The maximum absolute atomic E-state index is 10.5. The van der Waals surface area contributed by atoms with Gasteiger partial charge in [-0.15, -0.1) is 0 Å². The second-order valence-electron chi connectivity index (χ2n) is 2.63. The third-order valence-electron chi connectivity index (χ3n) is 1.86. The molecule has 2 unspecified atom stereocenters. The van der Waals surface area contributed by atoms with Gasteiger partial charge in [-0.2, -0.15) is 0 Å². The number of carbonyl (C=O) groups is 1. The van der Waals surface area contributed by atoms with Crippen LogP contribution in [0.1, 0.15) is 12.8 Å². The molecule has 1 heterocycles. The minimum atomic E-state index is -0.512. The van der Waals surface area contributed by atoms with E-state index in [1.54, 1.807) is 0 Å². The van der Waals surface area contributed by atoms with Crippen molar-refractivity contribution < 1.29 is 4.79 Å². The first-order valence-electron chi connectivity index (χ1n) is 3.50. The third-order valence-corrected chi connectivity index (χ3v) is 1.86. The first-order valence-corrected chi connectivity index (χ1v) is 3.50. The summed E-state index contributed by atoms with van der Waals surface area (Å²) in [6.45, 7) is 0.950. The number of amides is 1. The van der Waals surface area contributed by atoms with Gasteiger partial charge in [0.05, 0.1) is 6.04 Å². The summed E-state index contributed by atoms with van der Waals surface area (Å²) in [5.41, 5.74) is 10.5. The van der Waals surface area contributed by atoms with Gasteiger partial charge in [0, 0.05) is 6.04 Å². The van der Waals surface area contributed by atoms with E-state index >= 15 is 0 Å². The highest BCUT2D eigenvalue weighted by Gasteiger charge is 2.24. The van der Waals surface area contributed by atoms with E-state index < -0.39 is 11.9 Å². The van der Waals surface area contributed by atoms with Gasteiger partial charge in [-0.25, -0.2) is 0 Å². The van der Waals surface area contributed by atoms with Crippen LogP contribution in [0.15, 0.2) is 0 Å². The third kappa shape index (κ3) is 1.46. The number of hydrogen-bond donors (Lipinski definition) is 3. The van der Waals surface area contributed by atoms with Gasteiger partial charge in [0.1, 0.15) is 0 Å². The fraction of sp³-hybridized carbons (Fsp3) is 0.833. The number of primary amides is 1. The van der Waals surface area contributed by atoms with Crippen molar-refractivity contribution in [1.29, 1.82) is 0 Å². The van der Waals surface area contributed by atoms with Gasteiger partial charge in [-0.3, -0.25) is 4.79 Å². The van der Waals surface area contributed by atoms with Crippen LogP contribution in [0.5, 0.6) is 0 Å². The lowest BCUT2D eigenvalue weighted by atomic mass is 10.1. The van der Waals surface area contributed by atoms with Crippen molar-refractivity contribution in [2.75, 3.05) is 6.54 Å². The second kappa shape index (κ2) is 2.98. The summed E-state index contributed by atoms with van der Waals surface area (Å²) >= 11 is 0. The van der Waals surface area contributed by atoms with Gasteiger partial charge in [-0.05, 0) is 19.4 Å². The topological polar surface area (TPSA) is 81.1 Å². The molecule has 0 bridgehead atoms. The molecule has 1 rings (SSSR count).